The minimum absolute atomic E-state index is 0.404. The van der Waals surface area contributed by atoms with Crippen molar-refractivity contribution < 1.29 is 0 Å². The molecule has 1 unspecified atom stereocenters. The van der Waals surface area contributed by atoms with E-state index in [1.54, 1.807) is 12.5 Å². The van der Waals surface area contributed by atoms with Crippen LogP contribution in [-0.2, 0) is 6.54 Å². The van der Waals surface area contributed by atoms with Crippen LogP contribution < -0.4 is 0 Å². The third-order valence-electron chi connectivity index (χ3n) is 3.24. The second kappa shape index (κ2) is 8.37. The lowest BCUT2D eigenvalue weighted by molar-refractivity contribution is 0.505. The van der Waals surface area contributed by atoms with Crippen LogP contribution in [0.3, 0.4) is 0 Å². The van der Waals surface area contributed by atoms with Crippen molar-refractivity contribution in [2.75, 3.05) is 0 Å². The predicted octanol–water partition coefficient (Wildman–Crippen LogP) is 4.18. The standard InChI is InChI=1S/C16H19ClN4/c1-2-16(21-10-9-19-13-21)7-8-18-12-20-11-14-3-5-15(17)6-4-14/h3-6,8-10,12-13,16H,2,7,11H2,1H3. The molecule has 0 aliphatic carbocycles. The SMILES string of the molecule is CCC(CC=NC=NCc1ccc(Cl)cc1)n1ccnc1. The minimum Gasteiger partial charge on any atom is -0.334 e. The highest BCUT2D eigenvalue weighted by atomic mass is 35.5. The largest absolute Gasteiger partial charge is 0.334 e. The summed E-state index contributed by atoms with van der Waals surface area (Å²) in [5.41, 5.74) is 1.12. The van der Waals surface area contributed by atoms with Crippen molar-refractivity contribution in [1.82, 2.24) is 9.55 Å². The Kier molecular flexibility index (Phi) is 6.16. The first-order valence-electron chi connectivity index (χ1n) is 7.01. The van der Waals surface area contributed by atoms with Crippen LogP contribution in [0.4, 0.5) is 0 Å². The van der Waals surface area contributed by atoms with E-state index in [-0.39, 0.29) is 0 Å². The number of aliphatic imine (C=N–C) groups is 2. The van der Waals surface area contributed by atoms with E-state index >= 15 is 0 Å². The Labute approximate surface area is 130 Å². The minimum atomic E-state index is 0.404. The molecule has 1 aromatic carbocycles. The van der Waals surface area contributed by atoms with Gasteiger partial charge >= 0.3 is 0 Å². The lowest BCUT2D eigenvalue weighted by atomic mass is 10.1. The lowest BCUT2D eigenvalue weighted by Gasteiger charge is -2.13. The van der Waals surface area contributed by atoms with Gasteiger partial charge in [-0.25, -0.2) is 9.98 Å². The molecule has 0 aliphatic heterocycles. The zero-order chi connectivity index (χ0) is 14.9. The molecule has 2 rings (SSSR count). The first-order valence-corrected chi connectivity index (χ1v) is 7.39. The van der Waals surface area contributed by atoms with Crippen LogP contribution in [0.2, 0.25) is 5.02 Å². The Bertz CT molecular complexity index is 573. The Hall–Kier alpha value is -1.94. The summed E-state index contributed by atoms with van der Waals surface area (Å²) in [4.78, 5) is 12.6. The molecule has 21 heavy (non-hydrogen) atoms. The van der Waals surface area contributed by atoms with Crippen LogP contribution in [0.5, 0.6) is 0 Å². The number of imidazole rings is 1. The van der Waals surface area contributed by atoms with Crippen LogP contribution in [0.1, 0.15) is 31.4 Å². The van der Waals surface area contributed by atoms with Crippen molar-refractivity contribution >= 4 is 24.2 Å². The number of halogens is 1. The second-order valence-corrected chi connectivity index (χ2v) is 5.16. The molecule has 1 atom stereocenters. The molecule has 5 heteroatoms. The van der Waals surface area contributed by atoms with Crippen molar-refractivity contribution in [2.45, 2.75) is 32.4 Å². The second-order valence-electron chi connectivity index (χ2n) is 4.72. The highest BCUT2D eigenvalue weighted by Gasteiger charge is 2.04. The van der Waals surface area contributed by atoms with E-state index in [4.69, 9.17) is 11.6 Å². The number of hydrogen-bond acceptors (Lipinski definition) is 2. The van der Waals surface area contributed by atoms with Crippen LogP contribution >= 0.6 is 11.6 Å². The molecule has 0 saturated heterocycles. The summed E-state index contributed by atoms with van der Waals surface area (Å²) < 4.78 is 2.11. The van der Waals surface area contributed by atoms with Crippen molar-refractivity contribution in [1.29, 1.82) is 0 Å². The number of benzene rings is 1. The van der Waals surface area contributed by atoms with Gasteiger partial charge in [-0.3, -0.25) is 4.99 Å². The third-order valence-corrected chi connectivity index (χ3v) is 3.49. The third kappa shape index (κ3) is 5.16. The van der Waals surface area contributed by atoms with Crippen molar-refractivity contribution in [3.8, 4) is 0 Å². The summed E-state index contributed by atoms with van der Waals surface area (Å²) in [7, 11) is 0. The van der Waals surface area contributed by atoms with Gasteiger partial charge in [0, 0.05) is 36.1 Å². The normalized spacial score (nSPS) is 13.2. The summed E-state index contributed by atoms with van der Waals surface area (Å²) >= 11 is 5.83. The van der Waals surface area contributed by atoms with Gasteiger partial charge in [0.05, 0.1) is 12.9 Å². The Balaban J connectivity index is 1.76. The number of rotatable bonds is 7. The van der Waals surface area contributed by atoms with Crippen molar-refractivity contribution in [3.63, 3.8) is 0 Å². The topological polar surface area (TPSA) is 42.5 Å². The smallest absolute Gasteiger partial charge is 0.109 e. The van der Waals surface area contributed by atoms with Gasteiger partial charge < -0.3 is 4.57 Å². The maximum atomic E-state index is 5.83. The summed E-state index contributed by atoms with van der Waals surface area (Å²) in [6.07, 6.45) is 11.1. The van der Waals surface area contributed by atoms with Gasteiger partial charge in [-0.15, -0.1) is 0 Å². The first kappa shape index (κ1) is 15.4. The molecule has 0 saturated carbocycles. The number of aromatic nitrogens is 2. The maximum absolute atomic E-state index is 5.83. The van der Waals surface area contributed by atoms with Gasteiger partial charge in [-0.1, -0.05) is 30.7 Å². The fourth-order valence-corrected chi connectivity index (χ4v) is 2.12. The van der Waals surface area contributed by atoms with Gasteiger partial charge in [-0.05, 0) is 24.1 Å². The van der Waals surface area contributed by atoms with E-state index < -0.39 is 0 Å². The molecule has 0 amide bonds. The Morgan fingerprint density at radius 3 is 2.81 bits per heavy atom. The highest BCUT2D eigenvalue weighted by molar-refractivity contribution is 6.30. The van der Waals surface area contributed by atoms with E-state index in [0.29, 0.717) is 12.6 Å². The summed E-state index contributed by atoms with van der Waals surface area (Å²) in [5.74, 6) is 0. The maximum Gasteiger partial charge on any atom is 0.109 e. The molecule has 0 fully saturated rings. The van der Waals surface area contributed by atoms with Crippen molar-refractivity contribution in [3.05, 3.63) is 53.6 Å². The van der Waals surface area contributed by atoms with E-state index in [9.17, 15) is 0 Å². The zero-order valence-electron chi connectivity index (χ0n) is 12.1. The molecule has 0 bridgehead atoms. The zero-order valence-corrected chi connectivity index (χ0v) is 12.8. The molecular weight excluding hydrogens is 284 g/mol. The van der Waals surface area contributed by atoms with Gasteiger partial charge in [0.1, 0.15) is 6.34 Å². The molecule has 0 spiro atoms. The molecule has 4 nitrogen and oxygen atoms in total. The Morgan fingerprint density at radius 2 is 2.14 bits per heavy atom. The molecule has 1 aromatic heterocycles. The molecular formula is C16H19ClN4. The summed E-state index contributed by atoms with van der Waals surface area (Å²) in [6.45, 7) is 2.78. The fraction of sp³-hybridized carbons (Fsp3) is 0.312. The van der Waals surface area contributed by atoms with Crippen molar-refractivity contribution in [2.24, 2.45) is 9.98 Å². The average molecular weight is 303 g/mol. The Morgan fingerprint density at radius 1 is 1.33 bits per heavy atom. The van der Waals surface area contributed by atoms with Crippen LogP contribution in [0, 0.1) is 0 Å². The van der Waals surface area contributed by atoms with Crippen LogP contribution in [-0.4, -0.2) is 22.1 Å². The molecule has 110 valence electrons. The molecule has 1 heterocycles. The molecule has 2 aromatic rings. The van der Waals surface area contributed by atoms with Gasteiger partial charge in [0.25, 0.3) is 0 Å². The molecule has 0 radical (unpaired) electrons. The summed E-state index contributed by atoms with van der Waals surface area (Å²) in [5, 5.41) is 0.742. The number of nitrogens with zero attached hydrogens (tertiary/aromatic N) is 4. The van der Waals surface area contributed by atoms with E-state index in [1.165, 1.54) is 0 Å². The van der Waals surface area contributed by atoms with Gasteiger partial charge in [0.2, 0.25) is 0 Å². The summed E-state index contributed by atoms with van der Waals surface area (Å²) in [6, 6.07) is 8.07. The predicted molar refractivity (Wildman–Crippen MR) is 88.3 cm³/mol. The van der Waals surface area contributed by atoms with E-state index in [0.717, 1.165) is 23.4 Å². The monoisotopic (exact) mass is 302 g/mol. The van der Waals surface area contributed by atoms with Gasteiger partial charge in [-0.2, -0.15) is 0 Å². The van der Waals surface area contributed by atoms with Crippen LogP contribution in [0.25, 0.3) is 0 Å². The average Bonchev–Trinajstić information content (AvgIpc) is 3.02. The lowest BCUT2D eigenvalue weighted by Crippen LogP contribution is -2.06. The van der Waals surface area contributed by atoms with E-state index in [2.05, 4.69) is 26.5 Å². The molecule has 0 N–H and O–H groups in total. The van der Waals surface area contributed by atoms with Gasteiger partial charge in [0.15, 0.2) is 0 Å². The first-order chi connectivity index (χ1) is 10.3. The fourth-order valence-electron chi connectivity index (χ4n) is 2.00. The van der Waals surface area contributed by atoms with E-state index in [1.807, 2.05) is 43.0 Å². The number of hydrogen-bond donors (Lipinski definition) is 0. The molecule has 0 aliphatic rings. The van der Waals surface area contributed by atoms with Crippen LogP contribution in [0.15, 0.2) is 53.0 Å². The highest BCUT2D eigenvalue weighted by Crippen LogP contribution is 2.13. The quantitative estimate of drug-likeness (QED) is 0.559.